The number of carboxylic acid groups (broad SMARTS) is 1. The predicted molar refractivity (Wildman–Crippen MR) is 126 cm³/mol. The Morgan fingerprint density at radius 3 is 2.48 bits per heavy atom. The molecule has 0 amide bonds. The lowest BCUT2D eigenvalue weighted by molar-refractivity contribution is 0.0697. The standard InChI is InChI=1S/C25H28N4O2/c1-28(2)12-7-13-29(3)24-23-20-11-10-18(25(30)31)15-21(20)27-22(23)16-19(26-24)14-17-8-5-4-6-9-17/h4-6,8-11,15-16,27H,7,12-14H2,1-3H3,(H,30,31). The molecule has 0 saturated heterocycles. The fourth-order valence-electron chi connectivity index (χ4n) is 3.99. The van der Waals surface area contributed by atoms with Crippen molar-refractivity contribution < 1.29 is 9.90 Å². The average molecular weight is 417 g/mol. The van der Waals surface area contributed by atoms with Crippen LogP contribution in [0.2, 0.25) is 0 Å². The Balaban J connectivity index is 1.81. The van der Waals surface area contributed by atoms with Crippen LogP contribution in [-0.2, 0) is 6.42 Å². The number of anilines is 1. The van der Waals surface area contributed by atoms with Gasteiger partial charge in [0.05, 0.1) is 11.1 Å². The molecule has 0 aliphatic heterocycles. The first kappa shape index (κ1) is 20.9. The second-order valence-electron chi connectivity index (χ2n) is 8.29. The lowest BCUT2D eigenvalue weighted by Gasteiger charge is -2.21. The van der Waals surface area contributed by atoms with E-state index >= 15 is 0 Å². The van der Waals surface area contributed by atoms with Crippen LogP contribution in [-0.4, -0.2) is 60.2 Å². The normalized spacial score (nSPS) is 11.5. The molecule has 4 aromatic rings. The Morgan fingerprint density at radius 2 is 1.77 bits per heavy atom. The van der Waals surface area contributed by atoms with E-state index in [4.69, 9.17) is 4.98 Å². The van der Waals surface area contributed by atoms with Crippen molar-refractivity contribution in [3.8, 4) is 0 Å². The monoisotopic (exact) mass is 416 g/mol. The van der Waals surface area contributed by atoms with E-state index in [1.807, 2.05) is 24.3 Å². The van der Waals surface area contributed by atoms with E-state index in [0.717, 1.165) is 59.2 Å². The number of carboxylic acids is 1. The summed E-state index contributed by atoms with van der Waals surface area (Å²) in [6, 6.07) is 17.6. The number of aromatic carboxylic acids is 1. The average Bonchev–Trinajstić information content (AvgIpc) is 3.11. The highest BCUT2D eigenvalue weighted by molar-refractivity contribution is 6.13. The molecule has 0 radical (unpaired) electrons. The van der Waals surface area contributed by atoms with Gasteiger partial charge in [-0.2, -0.15) is 0 Å². The molecule has 2 aromatic heterocycles. The van der Waals surface area contributed by atoms with Gasteiger partial charge in [-0.15, -0.1) is 0 Å². The summed E-state index contributed by atoms with van der Waals surface area (Å²) in [6.45, 7) is 1.89. The SMILES string of the molecule is CN(C)CCCN(C)c1nc(Cc2ccccc2)cc2[nH]c3cc(C(=O)O)ccc3c12. The molecule has 4 rings (SSSR count). The van der Waals surface area contributed by atoms with Crippen LogP contribution in [0, 0.1) is 0 Å². The number of aromatic amines is 1. The molecular formula is C25H28N4O2. The number of aromatic nitrogens is 2. The van der Waals surface area contributed by atoms with Gasteiger partial charge in [-0.25, -0.2) is 9.78 Å². The highest BCUT2D eigenvalue weighted by atomic mass is 16.4. The van der Waals surface area contributed by atoms with Crippen molar-refractivity contribution in [2.75, 3.05) is 39.1 Å². The molecule has 0 aliphatic rings. The molecule has 2 aromatic carbocycles. The van der Waals surface area contributed by atoms with Gasteiger partial charge in [0.2, 0.25) is 0 Å². The van der Waals surface area contributed by atoms with Crippen molar-refractivity contribution in [2.45, 2.75) is 12.8 Å². The first-order valence-electron chi connectivity index (χ1n) is 10.5. The summed E-state index contributed by atoms with van der Waals surface area (Å²) >= 11 is 0. The van der Waals surface area contributed by atoms with E-state index < -0.39 is 5.97 Å². The van der Waals surface area contributed by atoms with Gasteiger partial charge < -0.3 is 19.9 Å². The third kappa shape index (κ3) is 4.54. The molecule has 0 spiro atoms. The van der Waals surface area contributed by atoms with E-state index in [1.54, 1.807) is 12.1 Å². The second-order valence-corrected chi connectivity index (χ2v) is 8.29. The van der Waals surface area contributed by atoms with Gasteiger partial charge in [-0.3, -0.25) is 0 Å². The minimum Gasteiger partial charge on any atom is -0.478 e. The number of benzene rings is 2. The van der Waals surface area contributed by atoms with Crippen molar-refractivity contribution in [3.05, 3.63) is 71.4 Å². The number of hydrogen-bond acceptors (Lipinski definition) is 4. The molecule has 0 unspecified atom stereocenters. The highest BCUT2D eigenvalue weighted by Crippen LogP contribution is 2.33. The summed E-state index contributed by atoms with van der Waals surface area (Å²) < 4.78 is 0. The van der Waals surface area contributed by atoms with E-state index in [1.165, 1.54) is 5.56 Å². The van der Waals surface area contributed by atoms with Gasteiger partial charge in [0.1, 0.15) is 5.82 Å². The number of hydrogen-bond donors (Lipinski definition) is 2. The number of nitrogens with one attached hydrogen (secondary N) is 1. The van der Waals surface area contributed by atoms with Crippen LogP contribution in [0.1, 0.15) is 28.0 Å². The van der Waals surface area contributed by atoms with Gasteiger partial charge in [-0.05, 0) is 50.8 Å². The minimum absolute atomic E-state index is 0.275. The van der Waals surface area contributed by atoms with Crippen LogP contribution < -0.4 is 4.90 Å². The summed E-state index contributed by atoms with van der Waals surface area (Å²) in [5, 5.41) is 11.4. The van der Waals surface area contributed by atoms with Crippen molar-refractivity contribution in [1.82, 2.24) is 14.9 Å². The van der Waals surface area contributed by atoms with E-state index in [-0.39, 0.29) is 5.56 Å². The van der Waals surface area contributed by atoms with Crippen LogP contribution in [0.5, 0.6) is 0 Å². The Bertz CT molecular complexity index is 1210. The fourth-order valence-corrected chi connectivity index (χ4v) is 3.99. The quantitative estimate of drug-likeness (QED) is 0.446. The largest absolute Gasteiger partial charge is 0.478 e. The Hall–Kier alpha value is -3.38. The summed E-state index contributed by atoms with van der Waals surface area (Å²) in [7, 11) is 6.24. The molecule has 6 heteroatoms. The van der Waals surface area contributed by atoms with Gasteiger partial charge in [0, 0.05) is 42.0 Å². The Kier molecular flexibility index (Phi) is 5.91. The van der Waals surface area contributed by atoms with Gasteiger partial charge >= 0.3 is 5.97 Å². The maximum absolute atomic E-state index is 11.4. The summed E-state index contributed by atoms with van der Waals surface area (Å²) in [5.41, 5.74) is 4.26. The molecule has 0 atom stereocenters. The molecule has 0 aliphatic carbocycles. The summed E-state index contributed by atoms with van der Waals surface area (Å²) in [4.78, 5) is 24.3. The third-order valence-corrected chi connectivity index (χ3v) is 5.55. The molecule has 160 valence electrons. The highest BCUT2D eigenvalue weighted by Gasteiger charge is 2.17. The Morgan fingerprint density at radius 1 is 1.00 bits per heavy atom. The molecule has 0 saturated carbocycles. The molecule has 31 heavy (non-hydrogen) atoms. The second kappa shape index (κ2) is 8.78. The number of pyridine rings is 1. The van der Waals surface area contributed by atoms with Crippen LogP contribution in [0.15, 0.2) is 54.6 Å². The summed E-state index contributed by atoms with van der Waals surface area (Å²) in [5.74, 6) is 0.000914. The van der Waals surface area contributed by atoms with Gasteiger partial charge in [0.15, 0.2) is 0 Å². The van der Waals surface area contributed by atoms with E-state index in [9.17, 15) is 9.90 Å². The van der Waals surface area contributed by atoms with Crippen LogP contribution in [0.25, 0.3) is 21.8 Å². The smallest absolute Gasteiger partial charge is 0.335 e. The van der Waals surface area contributed by atoms with Crippen molar-refractivity contribution in [2.24, 2.45) is 0 Å². The van der Waals surface area contributed by atoms with E-state index in [2.05, 4.69) is 54.1 Å². The Labute approximate surface area is 182 Å². The minimum atomic E-state index is -0.926. The van der Waals surface area contributed by atoms with Gasteiger partial charge in [-0.1, -0.05) is 36.4 Å². The lowest BCUT2D eigenvalue weighted by atomic mass is 10.1. The molecular weight excluding hydrogens is 388 g/mol. The topological polar surface area (TPSA) is 72.5 Å². The maximum atomic E-state index is 11.4. The fraction of sp³-hybridized carbons (Fsp3) is 0.280. The summed E-state index contributed by atoms with van der Waals surface area (Å²) in [6.07, 6.45) is 1.77. The molecule has 6 nitrogen and oxygen atoms in total. The number of H-pyrrole nitrogens is 1. The number of nitrogens with zero attached hydrogens (tertiary/aromatic N) is 3. The first-order chi connectivity index (χ1) is 14.9. The molecule has 2 heterocycles. The number of fused-ring (bicyclic) bond motifs is 3. The van der Waals surface area contributed by atoms with Crippen LogP contribution >= 0.6 is 0 Å². The lowest BCUT2D eigenvalue weighted by Crippen LogP contribution is -2.24. The first-order valence-corrected chi connectivity index (χ1v) is 10.5. The van der Waals surface area contributed by atoms with Crippen LogP contribution in [0.3, 0.4) is 0 Å². The zero-order valence-electron chi connectivity index (χ0n) is 18.2. The van der Waals surface area contributed by atoms with E-state index in [0.29, 0.717) is 0 Å². The van der Waals surface area contributed by atoms with Crippen molar-refractivity contribution in [1.29, 1.82) is 0 Å². The molecule has 0 fully saturated rings. The number of rotatable bonds is 8. The van der Waals surface area contributed by atoms with Gasteiger partial charge in [0.25, 0.3) is 0 Å². The molecule has 2 N–H and O–H groups in total. The number of carbonyl (C=O) groups is 1. The van der Waals surface area contributed by atoms with Crippen molar-refractivity contribution in [3.63, 3.8) is 0 Å². The van der Waals surface area contributed by atoms with Crippen LogP contribution in [0.4, 0.5) is 5.82 Å². The third-order valence-electron chi connectivity index (χ3n) is 5.55. The zero-order valence-corrected chi connectivity index (χ0v) is 18.2. The maximum Gasteiger partial charge on any atom is 0.335 e. The van der Waals surface area contributed by atoms with Crippen molar-refractivity contribution >= 4 is 33.6 Å². The predicted octanol–water partition coefficient (Wildman–Crippen LogP) is 4.39. The zero-order chi connectivity index (χ0) is 22.0. The molecule has 0 bridgehead atoms.